The van der Waals surface area contributed by atoms with Crippen LogP contribution in [-0.2, 0) is 6.61 Å². The van der Waals surface area contributed by atoms with Crippen LogP contribution in [0.15, 0.2) is 42.6 Å². The Morgan fingerprint density at radius 2 is 2.15 bits per heavy atom. The van der Waals surface area contributed by atoms with Gasteiger partial charge in [0.2, 0.25) is 0 Å². The molecule has 0 aliphatic heterocycles. The summed E-state index contributed by atoms with van der Waals surface area (Å²) in [7, 11) is 0. The number of ether oxygens (including phenoxy) is 1. The predicted octanol–water partition coefficient (Wildman–Crippen LogP) is 2.27. The Morgan fingerprint density at radius 3 is 2.85 bits per heavy atom. The Bertz CT molecular complexity index is 657. The fraction of sp³-hybridized carbons (Fsp3) is 0.0769. The van der Waals surface area contributed by atoms with E-state index in [1.807, 2.05) is 0 Å². The summed E-state index contributed by atoms with van der Waals surface area (Å²) in [5.74, 6) is -0.859. The van der Waals surface area contributed by atoms with E-state index >= 15 is 0 Å². The molecule has 1 aromatic heterocycles. The Hall–Kier alpha value is -2.96. The smallest absolute Gasteiger partial charge is 0.354 e. The van der Waals surface area contributed by atoms with E-state index in [2.05, 4.69) is 4.98 Å². The van der Waals surface area contributed by atoms with Crippen molar-refractivity contribution >= 4 is 11.7 Å². The van der Waals surface area contributed by atoms with Gasteiger partial charge in [-0.05, 0) is 12.1 Å². The summed E-state index contributed by atoms with van der Waals surface area (Å²) < 4.78 is 5.37. The van der Waals surface area contributed by atoms with Crippen molar-refractivity contribution in [3.8, 4) is 5.75 Å². The molecule has 0 saturated heterocycles. The summed E-state index contributed by atoms with van der Waals surface area (Å²) in [5.41, 5.74) is 0.205. The van der Waals surface area contributed by atoms with Crippen LogP contribution in [0.2, 0.25) is 0 Å². The lowest BCUT2D eigenvalue weighted by atomic mass is 10.2. The molecule has 20 heavy (non-hydrogen) atoms. The number of aromatic nitrogens is 1. The number of hydrogen-bond acceptors (Lipinski definition) is 5. The van der Waals surface area contributed by atoms with Crippen molar-refractivity contribution in [2.75, 3.05) is 0 Å². The topological polar surface area (TPSA) is 103 Å². The van der Waals surface area contributed by atoms with Crippen molar-refractivity contribution in [2.45, 2.75) is 6.61 Å². The fourth-order valence-electron chi connectivity index (χ4n) is 1.60. The molecule has 0 fully saturated rings. The van der Waals surface area contributed by atoms with E-state index in [-0.39, 0.29) is 18.0 Å². The minimum Gasteiger partial charge on any atom is -0.489 e. The van der Waals surface area contributed by atoms with Gasteiger partial charge in [0.25, 0.3) is 5.69 Å². The predicted molar refractivity (Wildman–Crippen MR) is 68.6 cm³/mol. The molecule has 0 aliphatic carbocycles. The van der Waals surface area contributed by atoms with Crippen molar-refractivity contribution < 1.29 is 19.6 Å². The van der Waals surface area contributed by atoms with Gasteiger partial charge in [-0.15, -0.1) is 0 Å². The van der Waals surface area contributed by atoms with Crippen LogP contribution >= 0.6 is 0 Å². The Balaban J connectivity index is 2.15. The first-order valence-corrected chi connectivity index (χ1v) is 5.62. The standard InChI is InChI=1S/C13H10N2O5/c16-13(17)12-9(3-2-6-14-12)8-20-11-5-1-4-10(7-11)15(18)19/h1-7H,8H2,(H,16,17). The van der Waals surface area contributed by atoms with Gasteiger partial charge in [0.1, 0.15) is 12.4 Å². The second-order valence-electron chi connectivity index (χ2n) is 3.86. The van der Waals surface area contributed by atoms with E-state index in [9.17, 15) is 14.9 Å². The molecule has 1 heterocycles. The zero-order valence-electron chi connectivity index (χ0n) is 10.2. The molecule has 0 amide bonds. The molecule has 7 nitrogen and oxygen atoms in total. The molecular formula is C13H10N2O5. The normalized spacial score (nSPS) is 10.0. The van der Waals surface area contributed by atoms with Gasteiger partial charge in [-0.25, -0.2) is 9.78 Å². The fourth-order valence-corrected chi connectivity index (χ4v) is 1.60. The molecule has 0 atom stereocenters. The lowest BCUT2D eigenvalue weighted by molar-refractivity contribution is -0.384. The summed E-state index contributed by atoms with van der Waals surface area (Å²) in [6.07, 6.45) is 1.38. The number of rotatable bonds is 5. The molecule has 2 aromatic rings. The highest BCUT2D eigenvalue weighted by Crippen LogP contribution is 2.20. The van der Waals surface area contributed by atoms with Crippen molar-refractivity contribution in [3.63, 3.8) is 0 Å². The van der Waals surface area contributed by atoms with E-state index in [0.29, 0.717) is 11.3 Å². The summed E-state index contributed by atoms with van der Waals surface area (Å²) in [5, 5.41) is 19.6. The highest BCUT2D eigenvalue weighted by molar-refractivity contribution is 5.86. The molecule has 102 valence electrons. The molecular weight excluding hydrogens is 264 g/mol. The van der Waals surface area contributed by atoms with Crippen molar-refractivity contribution in [3.05, 3.63) is 64.0 Å². The number of nitrogens with zero attached hydrogens (tertiary/aromatic N) is 2. The molecule has 7 heteroatoms. The zero-order chi connectivity index (χ0) is 14.5. The van der Waals surface area contributed by atoms with Crippen molar-refractivity contribution in [1.82, 2.24) is 4.98 Å². The van der Waals surface area contributed by atoms with Crippen LogP contribution in [-0.4, -0.2) is 21.0 Å². The third-order valence-corrected chi connectivity index (χ3v) is 2.52. The van der Waals surface area contributed by atoms with Crippen molar-refractivity contribution in [2.24, 2.45) is 0 Å². The zero-order valence-corrected chi connectivity index (χ0v) is 10.2. The quantitative estimate of drug-likeness (QED) is 0.662. The Labute approximate surface area is 113 Å². The molecule has 1 N–H and O–H groups in total. The van der Waals surface area contributed by atoms with Gasteiger partial charge in [0, 0.05) is 17.8 Å². The van der Waals surface area contributed by atoms with Crippen LogP contribution in [0.4, 0.5) is 5.69 Å². The molecule has 0 bridgehead atoms. The largest absolute Gasteiger partial charge is 0.489 e. The number of carboxylic acid groups (broad SMARTS) is 1. The maximum atomic E-state index is 11.0. The average molecular weight is 274 g/mol. The van der Waals surface area contributed by atoms with Crippen LogP contribution in [0, 0.1) is 10.1 Å². The lowest BCUT2D eigenvalue weighted by Gasteiger charge is -2.07. The first kappa shape index (κ1) is 13.5. The third-order valence-electron chi connectivity index (χ3n) is 2.52. The molecule has 1 aromatic carbocycles. The van der Waals surface area contributed by atoms with E-state index in [1.165, 1.54) is 24.4 Å². The second-order valence-corrected chi connectivity index (χ2v) is 3.86. The Morgan fingerprint density at radius 1 is 1.35 bits per heavy atom. The van der Waals surface area contributed by atoms with Gasteiger partial charge < -0.3 is 9.84 Å². The molecule has 0 aliphatic rings. The van der Waals surface area contributed by atoms with Crippen molar-refractivity contribution in [1.29, 1.82) is 0 Å². The number of benzene rings is 1. The van der Waals surface area contributed by atoms with Crippen LogP contribution in [0.5, 0.6) is 5.75 Å². The number of nitro groups is 1. The van der Waals surface area contributed by atoms with Gasteiger partial charge in [0.15, 0.2) is 5.69 Å². The van der Waals surface area contributed by atoms with Gasteiger partial charge in [-0.3, -0.25) is 10.1 Å². The number of carbonyl (C=O) groups is 1. The molecule has 0 spiro atoms. The molecule has 0 unspecified atom stereocenters. The summed E-state index contributed by atoms with van der Waals surface area (Å²) >= 11 is 0. The third kappa shape index (κ3) is 3.08. The second kappa shape index (κ2) is 5.79. The van der Waals surface area contributed by atoms with Crippen LogP contribution < -0.4 is 4.74 Å². The number of carboxylic acids is 1. The number of hydrogen-bond donors (Lipinski definition) is 1. The van der Waals surface area contributed by atoms with Gasteiger partial charge in [-0.1, -0.05) is 12.1 Å². The summed E-state index contributed by atoms with van der Waals surface area (Å²) in [6.45, 7) is -0.0311. The highest BCUT2D eigenvalue weighted by atomic mass is 16.6. The SMILES string of the molecule is O=C(O)c1ncccc1COc1cccc([N+](=O)[O-])c1. The Kier molecular flexibility index (Phi) is 3.90. The summed E-state index contributed by atoms with van der Waals surface area (Å²) in [6, 6.07) is 8.85. The number of non-ortho nitro benzene ring substituents is 1. The summed E-state index contributed by atoms with van der Waals surface area (Å²) in [4.78, 5) is 24.8. The van der Waals surface area contributed by atoms with Crippen LogP contribution in [0.25, 0.3) is 0 Å². The first-order chi connectivity index (χ1) is 9.58. The minimum atomic E-state index is -1.15. The molecule has 2 rings (SSSR count). The molecule has 0 saturated carbocycles. The van der Waals surface area contributed by atoms with Gasteiger partial charge >= 0.3 is 5.97 Å². The lowest BCUT2D eigenvalue weighted by Crippen LogP contribution is -2.07. The maximum Gasteiger partial charge on any atom is 0.354 e. The molecule has 0 radical (unpaired) electrons. The number of aromatic carboxylic acids is 1. The van der Waals surface area contributed by atoms with Crippen LogP contribution in [0.1, 0.15) is 16.1 Å². The van der Waals surface area contributed by atoms with Gasteiger partial charge in [-0.2, -0.15) is 0 Å². The monoisotopic (exact) mass is 274 g/mol. The van der Waals surface area contributed by atoms with E-state index in [4.69, 9.17) is 9.84 Å². The maximum absolute atomic E-state index is 11.0. The van der Waals surface area contributed by atoms with Crippen LogP contribution in [0.3, 0.4) is 0 Å². The van der Waals surface area contributed by atoms with E-state index in [0.717, 1.165) is 0 Å². The van der Waals surface area contributed by atoms with Gasteiger partial charge in [0.05, 0.1) is 11.0 Å². The first-order valence-electron chi connectivity index (χ1n) is 5.62. The van der Waals surface area contributed by atoms with E-state index < -0.39 is 10.9 Å². The average Bonchev–Trinajstić information content (AvgIpc) is 2.45. The highest BCUT2D eigenvalue weighted by Gasteiger charge is 2.12. The minimum absolute atomic E-state index is 0.0311. The number of nitro benzene ring substituents is 1. The van der Waals surface area contributed by atoms with E-state index in [1.54, 1.807) is 18.2 Å². The number of pyridine rings is 1.